The molecule has 3 rings (SSSR count). The van der Waals surface area contributed by atoms with Crippen molar-refractivity contribution < 1.29 is 8.42 Å². The Morgan fingerprint density at radius 2 is 1.92 bits per heavy atom. The maximum Gasteiger partial charge on any atom is 0.271 e. The fourth-order valence-electron chi connectivity index (χ4n) is 2.03. The molecule has 0 saturated carbocycles. The number of aryl methyl sites for hydroxylation is 1. The van der Waals surface area contributed by atoms with Gasteiger partial charge in [0.1, 0.15) is 4.21 Å². The Balaban J connectivity index is 1.64. The first kappa shape index (κ1) is 17.0. The van der Waals surface area contributed by atoms with E-state index in [0.29, 0.717) is 9.90 Å². The minimum Gasteiger partial charge on any atom is -0.279 e. The van der Waals surface area contributed by atoms with Crippen molar-refractivity contribution in [2.75, 3.05) is 4.72 Å². The maximum atomic E-state index is 12.3. The lowest BCUT2D eigenvalue weighted by Crippen LogP contribution is -2.11. The molecule has 1 N–H and O–H groups in total. The molecule has 0 aliphatic heterocycles. The van der Waals surface area contributed by atoms with E-state index in [9.17, 15) is 8.42 Å². The molecule has 0 aliphatic carbocycles. The largest absolute Gasteiger partial charge is 0.279 e. The van der Waals surface area contributed by atoms with E-state index in [0.717, 1.165) is 21.1 Å². The van der Waals surface area contributed by atoms with E-state index >= 15 is 0 Å². The summed E-state index contributed by atoms with van der Waals surface area (Å²) in [5.74, 6) is 0.827. The van der Waals surface area contributed by atoms with Crippen LogP contribution in [0.25, 0.3) is 0 Å². The van der Waals surface area contributed by atoms with Crippen LogP contribution in [-0.2, 0) is 15.8 Å². The van der Waals surface area contributed by atoms with Gasteiger partial charge in [-0.3, -0.25) is 9.71 Å². The van der Waals surface area contributed by atoms with Crippen LogP contribution in [0.5, 0.6) is 0 Å². The molecule has 0 amide bonds. The van der Waals surface area contributed by atoms with Crippen LogP contribution in [0.2, 0.25) is 0 Å². The standard InChI is InChI=1S/C17H16N2O2S3/c1-13-4-9-17(23-13)24(20,21)19-15-5-7-16(8-6-15)22-12-14-3-2-10-18-11-14/h2-11,19H,12H2,1H3. The van der Waals surface area contributed by atoms with Gasteiger partial charge in [-0.15, -0.1) is 23.1 Å². The number of hydrogen-bond donors (Lipinski definition) is 1. The number of rotatable bonds is 6. The Bertz CT molecular complexity index is 905. The number of thioether (sulfide) groups is 1. The number of anilines is 1. The van der Waals surface area contributed by atoms with Gasteiger partial charge in [0.05, 0.1) is 0 Å². The molecule has 2 aromatic heterocycles. The highest BCUT2D eigenvalue weighted by molar-refractivity contribution is 7.98. The van der Waals surface area contributed by atoms with Gasteiger partial charge in [0, 0.05) is 33.6 Å². The quantitative estimate of drug-likeness (QED) is 0.642. The van der Waals surface area contributed by atoms with Crippen molar-refractivity contribution in [1.29, 1.82) is 0 Å². The van der Waals surface area contributed by atoms with Crippen molar-refractivity contribution in [1.82, 2.24) is 4.98 Å². The topological polar surface area (TPSA) is 59.1 Å². The number of nitrogens with one attached hydrogen (secondary N) is 1. The van der Waals surface area contributed by atoms with Crippen molar-refractivity contribution in [3.63, 3.8) is 0 Å². The number of sulfonamides is 1. The lowest BCUT2D eigenvalue weighted by Gasteiger charge is -2.07. The summed E-state index contributed by atoms with van der Waals surface area (Å²) in [5.41, 5.74) is 1.71. The molecule has 0 saturated heterocycles. The molecule has 0 unspecified atom stereocenters. The molecule has 124 valence electrons. The highest BCUT2D eigenvalue weighted by atomic mass is 32.2. The van der Waals surface area contributed by atoms with Gasteiger partial charge in [-0.05, 0) is 55.0 Å². The van der Waals surface area contributed by atoms with E-state index in [2.05, 4.69) is 9.71 Å². The average molecular weight is 377 g/mol. The van der Waals surface area contributed by atoms with E-state index in [1.54, 1.807) is 42.2 Å². The molecule has 24 heavy (non-hydrogen) atoms. The highest BCUT2D eigenvalue weighted by Crippen LogP contribution is 2.26. The Labute approximate surface area is 150 Å². The fraction of sp³-hybridized carbons (Fsp3) is 0.118. The number of pyridine rings is 1. The number of nitrogens with zero attached hydrogens (tertiary/aromatic N) is 1. The van der Waals surface area contributed by atoms with Gasteiger partial charge in [-0.2, -0.15) is 0 Å². The molecule has 7 heteroatoms. The van der Waals surface area contributed by atoms with Crippen LogP contribution < -0.4 is 4.72 Å². The predicted molar refractivity (Wildman–Crippen MR) is 100 cm³/mol. The van der Waals surface area contributed by atoms with E-state index in [1.807, 2.05) is 37.4 Å². The minimum atomic E-state index is -3.51. The first-order valence-electron chi connectivity index (χ1n) is 7.24. The van der Waals surface area contributed by atoms with Gasteiger partial charge in [-0.1, -0.05) is 6.07 Å². The molecule has 0 aliphatic rings. The summed E-state index contributed by atoms with van der Waals surface area (Å²) in [6, 6.07) is 14.8. The summed E-state index contributed by atoms with van der Waals surface area (Å²) in [5, 5.41) is 0. The molecule has 4 nitrogen and oxygen atoms in total. The Hall–Kier alpha value is -1.83. The normalized spacial score (nSPS) is 11.4. The van der Waals surface area contributed by atoms with Gasteiger partial charge in [0.15, 0.2) is 0 Å². The second-order valence-corrected chi connectivity index (χ2v) is 9.39. The van der Waals surface area contributed by atoms with E-state index in [4.69, 9.17) is 0 Å². The molecule has 0 fully saturated rings. The molecule has 0 radical (unpaired) electrons. The van der Waals surface area contributed by atoms with E-state index < -0.39 is 10.0 Å². The molecule has 1 aromatic carbocycles. The first-order chi connectivity index (χ1) is 11.5. The average Bonchev–Trinajstić information content (AvgIpc) is 3.02. The molecule has 2 heterocycles. The van der Waals surface area contributed by atoms with Crippen LogP contribution in [0.15, 0.2) is 70.0 Å². The third-order valence-electron chi connectivity index (χ3n) is 3.22. The molecule has 0 atom stereocenters. The number of hydrogen-bond acceptors (Lipinski definition) is 5. The third-order valence-corrected chi connectivity index (χ3v) is 7.17. The zero-order chi connectivity index (χ0) is 17.0. The molecule has 3 aromatic rings. The Kier molecular flexibility index (Phi) is 5.23. The van der Waals surface area contributed by atoms with Crippen molar-refractivity contribution >= 4 is 38.8 Å². The smallest absolute Gasteiger partial charge is 0.271 e. The second kappa shape index (κ2) is 7.38. The molecular formula is C17H16N2O2S3. The van der Waals surface area contributed by atoms with Crippen molar-refractivity contribution in [2.45, 2.75) is 21.8 Å². The molecular weight excluding hydrogens is 360 g/mol. The fourth-order valence-corrected chi connectivity index (χ4v) is 5.21. The van der Waals surface area contributed by atoms with Crippen LogP contribution in [0.4, 0.5) is 5.69 Å². The zero-order valence-electron chi connectivity index (χ0n) is 13.0. The zero-order valence-corrected chi connectivity index (χ0v) is 15.4. The van der Waals surface area contributed by atoms with E-state index in [1.165, 1.54) is 11.3 Å². The van der Waals surface area contributed by atoms with Crippen LogP contribution in [0, 0.1) is 6.92 Å². The monoisotopic (exact) mass is 376 g/mol. The predicted octanol–water partition coefficient (Wildman–Crippen LogP) is 4.54. The number of thiophene rings is 1. The summed E-state index contributed by atoms with van der Waals surface area (Å²) in [4.78, 5) is 6.14. The van der Waals surface area contributed by atoms with Crippen LogP contribution in [-0.4, -0.2) is 13.4 Å². The Morgan fingerprint density at radius 1 is 1.12 bits per heavy atom. The summed E-state index contributed by atoms with van der Waals surface area (Å²) in [7, 11) is -3.51. The van der Waals surface area contributed by atoms with E-state index in [-0.39, 0.29) is 0 Å². The summed E-state index contributed by atoms with van der Waals surface area (Å²) in [6.07, 6.45) is 3.60. The Morgan fingerprint density at radius 3 is 2.54 bits per heavy atom. The number of benzene rings is 1. The van der Waals surface area contributed by atoms with Crippen molar-refractivity contribution in [3.05, 3.63) is 71.4 Å². The summed E-state index contributed by atoms with van der Waals surface area (Å²) >= 11 is 2.95. The van der Waals surface area contributed by atoms with Gasteiger partial charge < -0.3 is 0 Å². The minimum absolute atomic E-state index is 0.329. The van der Waals surface area contributed by atoms with Gasteiger partial charge in [-0.25, -0.2) is 8.42 Å². The molecule has 0 bridgehead atoms. The van der Waals surface area contributed by atoms with Crippen LogP contribution >= 0.6 is 23.1 Å². The van der Waals surface area contributed by atoms with Crippen molar-refractivity contribution in [3.8, 4) is 0 Å². The highest BCUT2D eigenvalue weighted by Gasteiger charge is 2.16. The first-order valence-corrected chi connectivity index (χ1v) is 10.5. The third kappa shape index (κ3) is 4.37. The number of aromatic nitrogens is 1. The van der Waals surface area contributed by atoms with Crippen LogP contribution in [0.3, 0.4) is 0 Å². The summed E-state index contributed by atoms with van der Waals surface area (Å²) in [6.45, 7) is 1.89. The van der Waals surface area contributed by atoms with Crippen molar-refractivity contribution in [2.24, 2.45) is 0 Å². The second-order valence-electron chi connectivity index (χ2n) is 5.14. The van der Waals surface area contributed by atoms with Gasteiger partial charge >= 0.3 is 0 Å². The van der Waals surface area contributed by atoms with Gasteiger partial charge in [0.2, 0.25) is 0 Å². The SMILES string of the molecule is Cc1ccc(S(=O)(=O)Nc2ccc(SCc3cccnc3)cc2)s1. The van der Waals surface area contributed by atoms with Crippen LogP contribution in [0.1, 0.15) is 10.4 Å². The summed E-state index contributed by atoms with van der Waals surface area (Å²) < 4.78 is 27.5. The lowest BCUT2D eigenvalue weighted by atomic mass is 10.3. The van der Waals surface area contributed by atoms with Gasteiger partial charge in [0.25, 0.3) is 10.0 Å². The molecule has 0 spiro atoms. The lowest BCUT2D eigenvalue weighted by molar-refractivity contribution is 0.603. The maximum absolute atomic E-state index is 12.3.